The van der Waals surface area contributed by atoms with E-state index in [-0.39, 0.29) is 11.2 Å². The fourth-order valence-corrected chi connectivity index (χ4v) is 4.01. The molecule has 8 heteroatoms. The lowest BCUT2D eigenvalue weighted by atomic mass is 10.1. The summed E-state index contributed by atoms with van der Waals surface area (Å²) >= 11 is 1.26. The van der Waals surface area contributed by atoms with Crippen molar-refractivity contribution in [1.29, 1.82) is 0 Å². The molecule has 3 aromatic heterocycles. The van der Waals surface area contributed by atoms with Crippen molar-refractivity contribution in [2.24, 2.45) is 0 Å². The van der Waals surface area contributed by atoms with Gasteiger partial charge in [0.2, 0.25) is 0 Å². The summed E-state index contributed by atoms with van der Waals surface area (Å²) in [6, 6.07) is 5.17. The fraction of sp³-hybridized carbons (Fsp3) is 0.412. The standard InChI is InChI=1S/C17H17F3N4S/c18-17(19,20)15-14(13-5-4-10-25-13)16-21-12(6-9-24(16)22-15)11-23-7-2-1-3-8-23/h4-6,9-10H,1-3,7-8,11H2. The molecule has 4 rings (SSSR count). The van der Waals surface area contributed by atoms with Gasteiger partial charge in [0.05, 0.1) is 11.3 Å². The molecule has 0 aromatic carbocycles. The number of nitrogens with zero attached hydrogens (tertiary/aromatic N) is 4. The van der Waals surface area contributed by atoms with E-state index in [1.807, 2.05) is 0 Å². The minimum atomic E-state index is -4.51. The van der Waals surface area contributed by atoms with E-state index >= 15 is 0 Å². The number of piperidine rings is 1. The molecular weight excluding hydrogens is 349 g/mol. The Bertz CT molecular complexity index is 864. The average Bonchev–Trinajstić information content (AvgIpc) is 3.22. The summed E-state index contributed by atoms with van der Waals surface area (Å²) < 4.78 is 41.6. The molecule has 1 aliphatic heterocycles. The zero-order valence-corrected chi connectivity index (χ0v) is 14.3. The number of likely N-dealkylation sites (tertiary alicyclic amines) is 1. The predicted octanol–water partition coefficient (Wildman–Crippen LogP) is 4.46. The van der Waals surface area contributed by atoms with Crippen molar-refractivity contribution in [2.45, 2.75) is 32.0 Å². The third-order valence-electron chi connectivity index (χ3n) is 4.41. The van der Waals surface area contributed by atoms with Crippen LogP contribution in [0.15, 0.2) is 29.8 Å². The van der Waals surface area contributed by atoms with Gasteiger partial charge in [0.25, 0.3) is 0 Å². The van der Waals surface area contributed by atoms with Crippen LogP contribution < -0.4 is 0 Å². The molecule has 0 aliphatic carbocycles. The lowest BCUT2D eigenvalue weighted by Crippen LogP contribution is -2.29. The van der Waals surface area contributed by atoms with Crippen molar-refractivity contribution in [1.82, 2.24) is 19.5 Å². The molecule has 1 aliphatic rings. The first-order valence-electron chi connectivity index (χ1n) is 8.24. The highest BCUT2D eigenvalue weighted by Gasteiger charge is 2.39. The summed E-state index contributed by atoms with van der Waals surface area (Å²) in [4.78, 5) is 7.36. The number of fused-ring (bicyclic) bond motifs is 1. The third kappa shape index (κ3) is 3.28. The molecule has 0 spiro atoms. The van der Waals surface area contributed by atoms with Crippen LogP contribution in [-0.2, 0) is 12.7 Å². The highest BCUT2D eigenvalue weighted by Crippen LogP contribution is 2.40. The Morgan fingerprint density at radius 2 is 1.92 bits per heavy atom. The summed E-state index contributed by atoms with van der Waals surface area (Å²) in [5.41, 5.74) is 0.241. The van der Waals surface area contributed by atoms with Crippen LogP contribution in [0.4, 0.5) is 13.2 Å². The van der Waals surface area contributed by atoms with Crippen LogP contribution in [0.2, 0.25) is 0 Å². The number of rotatable bonds is 3. The molecule has 0 bridgehead atoms. The maximum Gasteiger partial charge on any atom is 0.435 e. The number of hydrogen-bond donors (Lipinski definition) is 0. The maximum absolute atomic E-state index is 13.4. The van der Waals surface area contributed by atoms with Gasteiger partial charge in [0.15, 0.2) is 11.3 Å². The topological polar surface area (TPSA) is 33.4 Å². The van der Waals surface area contributed by atoms with Gasteiger partial charge < -0.3 is 0 Å². The molecule has 25 heavy (non-hydrogen) atoms. The molecule has 3 aromatic rings. The first kappa shape index (κ1) is 16.5. The van der Waals surface area contributed by atoms with Gasteiger partial charge in [-0.3, -0.25) is 4.90 Å². The Morgan fingerprint density at radius 1 is 1.12 bits per heavy atom. The van der Waals surface area contributed by atoms with Gasteiger partial charge in [0.1, 0.15) is 0 Å². The van der Waals surface area contributed by atoms with E-state index in [0.717, 1.165) is 31.6 Å². The van der Waals surface area contributed by atoms with Crippen molar-refractivity contribution in [3.8, 4) is 10.4 Å². The SMILES string of the molecule is FC(F)(F)c1nn2ccc(CN3CCCCC3)nc2c1-c1cccs1. The van der Waals surface area contributed by atoms with Crippen molar-refractivity contribution in [3.63, 3.8) is 0 Å². The quantitative estimate of drug-likeness (QED) is 0.686. The molecule has 0 atom stereocenters. The van der Waals surface area contributed by atoms with Crippen LogP contribution in [-0.4, -0.2) is 32.6 Å². The molecule has 0 N–H and O–H groups in total. The van der Waals surface area contributed by atoms with Gasteiger partial charge >= 0.3 is 6.18 Å². The minimum Gasteiger partial charge on any atom is -0.298 e. The second kappa shape index (κ2) is 6.42. The summed E-state index contributed by atoms with van der Waals surface area (Å²) in [5.74, 6) is 0. The number of aromatic nitrogens is 3. The summed E-state index contributed by atoms with van der Waals surface area (Å²) in [6.45, 7) is 2.68. The van der Waals surface area contributed by atoms with Crippen molar-refractivity contribution in [2.75, 3.05) is 13.1 Å². The van der Waals surface area contributed by atoms with Crippen molar-refractivity contribution in [3.05, 3.63) is 41.2 Å². The van der Waals surface area contributed by atoms with Gasteiger partial charge in [-0.05, 0) is 43.4 Å². The molecule has 0 unspecified atom stereocenters. The Kier molecular flexibility index (Phi) is 4.24. The largest absolute Gasteiger partial charge is 0.435 e. The molecule has 1 saturated heterocycles. The van der Waals surface area contributed by atoms with Gasteiger partial charge in [-0.15, -0.1) is 11.3 Å². The molecule has 0 radical (unpaired) electrons. The van der Waals surface area contributed by atoms with E-state index in [0.29, 0.717) is 11.4 Å². The van der Waals surface area contributed by atoms with Gasteiger partial charge in [-0.25, -0.2) is 9.50 Å². The number of hydrogen-bond acceptors (Lipinski definition) is 4. The molecule has 0 saturated carbocycles. The Balaban J connectivity index is 1.79. The fourth-order valence-electron chi connectivity index (χ4n) is 3.25. The van der Waals surface area contributed by atoms with Crippen molar-refractivity contribution >= 4 is 17.0 Å². The van der Waals surface area contributed by atoms with Crippen LogP contribution in [0.1, 0.15) is 30.7 Å². The molecule has 1 fully saturated rings. The first-order chi connectivity index (χ1) is 12.0. The first-order valence-corrected chi connectivity index (χ1v) is 9.12. The number of alkyl halides is 3. The van der Waals surface area contributed by atoms with Gasteiger partial charge in [-0.1, -0.05) is 12.5 Å². The lowest BCUT2D eigenvalue weighted by molar-refractivity contribution is -0.140. The Morgan fingerprint density at radius 3 is 2.60 bits per heavy atom. The van der Waals surface area contributed by atoms with E-state index in [9.17, 15) is 13.2 Å². The van der Waals surface area contributed by atoms with Crippen LogP contribution >= 0.6 is 11.3 Å². The highest BCUT2D eigenvalue weighted by molar-refractivity contribution is 7.13. The van der Waals surface area contributed by atoms with E-state index in [1.165, 1.54) is 22.3 Å². The van der Waals surface area contributed by atoms with E-state index in [4.69, 9.17) is 0 Å². The van der Waals surface area contributed by atoms with Crippen LogP contribution in [0.25, 0.3) is 16.1 Å². The molecule has 132 valence electrons. The third-order valence-corrected chi connectivity index (χ3v) is 5.30. The Labute approximate surface area is 146 Å². The van der Waals surface area contributed by atoms with Crippen molar-refractivity contribution < 1.29 is 13.2 Å². The normalized spacial score (nSPS) is 16.6. The van der Waals surface area contributed by atoms with Crippen LogP contribution in [0.5, 0.6) is 0 Å². The van der Waals surface area contributed by atoms with Crippen LogP contribution in [0.3, 0.4) is 0 Å². The van der Waals surface area contributed by atoms with Crippen LogP contribution in [0, 0.1) is 0 Å². The van der Waals surface area contributed by atoms with E-state index in [2.05, 4.69) is 15.0 Å². The molecule has 0 amide bonds. The molecule has 4 heterocycles. The molecule has 4 nitrogen and oxygen atoms in total. The summed E-state index contributed by atoms with van der Waals surface area (Å²) in [6.07, 6.45) is 0.623. The minimum absolute atomic E-state index is 0.0722. The predicted molar refractivity (Wildman–Crippen MR) is 90.4 cm³/mol. The zero-order valence-electron chi connectivity index (χ0n) is 13.5. The average molecular weight is 366 g/mol. The smallest absolute Gasteiger partial charge is 0.298 e. The number of halogens is 3. The Hall–Kier alpha value is -1.93. The summed E-state index contributed by atoms with van der Waals surface area (Å²) in [7, 11) is 0. The second-order valence-corrected chi connectivity index (χ2v) is 7.17. The highest BCUT2D eigenvalue weighted by atomic mass is 32.1. The van der Waals surface area contributed by atoms with E-state index in [1.54, 1.807) is 29.8 Å². The van der Waals surface area contributed by atoms with Gasteiger partial charge in [-0.2, -0.15) is 18.3 Å². The van der Waals surface area contributed by atoms with E-state index < -0.39 is 11.9 Å². The molecular formula is C17H17F3N4S. The zero-order chi connectivity index (χ0) is 17.4. The summed E-state index contributed by atoms with van der Waals surface area (Å²) in [5, 5.41) is 5.51. The number of thiophene rings is 1. The van der Waals surface area contributed by atoms with Gasteiger partial charge in [0, 0.05) is 17.6 Å². The monoisotopic (exact) mass is 366 g/mol. The lowest BCUT2D eigenvalue weighted by Gasteiger charge is -2.25. The maximum atomic E-state index is 13.4. The second-order valence-electron chi connectivity index (χ2n) is 6.22.